The molecule has 0 saturated heterocycles. The maximum atomic E-state index is 7.28. The summed E-state index contributed by atoms with van der Waals surface area (Å²) < 4.78 is 0. The minimum absolute atomic E-state index is 0.691. The lowest BCUT2D eigenvalue weighted by Gasteiger charge is -1.96. The molecule has 1 N–H and O–H groups in total. The van der Waals surface area contributed by atoms with Crippen molar-refractivity contribution in [2.24, 2.45) is 0 Å². The zero-order chi connectivity index (χ0) is 8.10. The molecule has 0 bridgehead atoms. The van der Waals surface area contributed by atoms with E-state index < -0.39 is 0 Å². The van der Waals surface area contributed by atoms with Crippen LogP contribution in [0.25, 0.3) is 0 Å². The summed E-state index contributed by atoms with van der Waals surface area (Å²) in [5.74, 6) is 0. The van der Waals surface area contributed by atoms with Gasteiger partial charge in [0.15, 0.2) is 0 Å². The van der Waals surface area contributed by atoms with E-state index in [2.05, 4.69) is 5.73 Å². The standard InChI is InChI=1S/C10H11N/c1-9(11)8-10-6-4-2-3-5-7-10/h2,4-7,11H,8H2,1H3. The second kappa shape index (κ2) is 3.75. The van der Waals surface area contributed by atoms with E-state index in [0.29, 0.717) is 5.71 Å². The number of rotatable bonds is 2. The first-order chi connectivity index (χ1) is 5.29. The summed E-state index contributed by atoms with van der Waals surface area (Å²) >= 11 is 0. The van der Waals surface area contributed by atoms with Crippen molar-refractivity contribution in [3.63, 3.8) is 0 Å². The van der Waals surface area contributed by atoms with E-state index in [9.17, 15) is 0 Å². The Morgan fingerprint density at radius 1 is 1.55 bits per heavy atom. The number of nitrogens with one attached hydrogen (secondary N) is 1. The van der Waals surface area contributed by atoms with Crippen molar-refractivity contribution in [3.8, 4) is 0 Å². The van der Waals surface area contributed by atoms with Crippen molar-refractivity contribution in [3.05, 3.63) is 41.7 Å². The van der Waals surface area contributed by atoms with Crippen LogP contribution in [-0.4, -0.2) is 5.71 Å². The number of allylic oxidation sites excluding steroid dienone is 5. The lowest BCUT2D eigenvalue weighted by molar-refractivity contribution is 1.28. The fourth-order valence-electron chi connectivity index (χ4n) is 0.918. The molecule has 0 aliphatic heterocycles. The summed E-state index contributed by atoms with van der Waals surface area (Å²) in [6.07, 6.45) is 10.4. The summed E-state index contributed by atoms with van der Waals surface area (Å²) in [4.78, 5) is 0. The van der Waals surface area contributed by atoms with Gasteiger partial charge in [0.25, 0.3) is 0 Å². The molecule has 1 nitrogen and oxygen atoms in total. The summed E-state index contributed by atoms with van der Waals surface area (Å²) in [6.45, 7) is 1.82. The Bertz CT molecular complexity index is 273. The van der Waals surface area contributed by atoms with Crippen molar-refractivity contribution in [1.82, 2.24) is 0 Å². The molecule has 0 atom stereocenters. The van der Waals surface area contributed by atoms with Gasteiger partial charge in [-0.05, 0) is 24.6 Å². The molecule has 0 radical (unpaired) electrons. The molecule has 1 aliphatic carbocycles. The average Bonchev–Trinajstić information content (AvgIpc) is 2.14. The Morgan fingerprint density at radius 2 is 2.36 bits per heavy atom. The van der Waals surface area contributed by atoms with Crippen molar-refractivity contribution in [2.75, 3.05) is 0 Å². The SMILES string of the molecule is CC(=N)CC1=CC=C=CC=C1. The van der Waals surface area contributed by atoms with E-state index in [4.69, 9.17) is 5.41 Å². The number of hydrogen-bond donors (Lipinski definition) is 1. The second-order valence-electron chi connectivity index (χ2n) is 2.56. The minimum atomic E-state index is 0.691. The van der Waals surface area contributed by atoms with Crippen molar-refractivity contribution >= 4 is 5.71 Å². The van der Waals surface area contributed by atoms with Gasteiger partial charge in [0.2, 0.25) is 0 Å². The molecule has 0 amide bonds. The van der Waals surface area contributed by atoms with Gasteiger partial charge in [0.1, 0.15) is 0 Å². The first-order valence-electron chi connectivity index (χ1n) is 3.61. The lowest BCUT2D eigenvalue weighted by atomic mass is 10.1. The van der Waals surface area contributed by atoms with Gasteiger partial charge >= 0.3 is 0 Å². The van der Waals surface area contributed by atoms with Crippen LogP contribution in [0.5, 0.6) is 0 Å². The predicted octanol–water partition coefficient (Wildman–Crippen LogP) is 2.62. The Labute approximate surface area is 66.9 Å². The molecule has 56 valence electrons. The summed E-state index contributed by atoms with van der Waals surface area (Å²) in [7, 11) is 0. The topological polar surface area (TPSA) is 23.9 Å². The van der Waals surface area contributed by atoms with Gasteiger partial charge in [-0.15, -0.1) is 5.73 Å². The summed E-state index contributed by atoms with van der Waals surface area (Å²) in [5, 5.41) is 7.28. The van der Waals surface area contributed by atoms with Gasteiger partial charge in [-0.3, -0.25) is 0 Å². The Hall–Kier alpha value is -1.33. The molecule has 11 heavy (non-hydrogen) atoms. The monoisotopic (exact) mass is 145 g/mol. The largest absolute Gasteiger partial charge is 0.310 e. The smallest absolute Gasteiger partial charge is 0.0102 e. The third kappa shape index (κ3) is 2.83. The average molecular weight is 145 g/mol. The fourth-order valence-corrected chi connectivity index (χ4v) is 0.918. The van der Waals surface area contributed by atoms with Crippen LogP contribution in [0.1, 0.15) is 13.3 Å². The normalized spacial score (nSPS) is 14.5. The van der Waals surface area contributed by atoms with Crippen LogP contribution in [0.3, 0.4) is 0 Å². The van der Waals surface area contributed by atoms with Gasteiger partial charge < -0.3 is 5.41 Å². The van der Waals surface area contributed by atoms with Gasteiger partial charge in [-0.2, -0.15) is 0 Å². The van der Waals surface area contributed by atoms with E-state index in [1.807, 2.05) is 37.3 Å². The molecular weight excluding hydrogens is 134 g/mol. The van der Waals surface area contributed by atoms with Crippen molar-refractivity contribution in [1.29, 1.82) is 5.41 Å². The number of hydrogen-bond acceptors (Lipinski definition) is 1. The van der Waals surface area contributed by atoms with Gasteiger partial charge in [-0.1, -0.05) is 18.2 Å². The third-order valence-electron chi connectivity index (χ3n) is 1.37. The molecule has 1 aliphatic rings. The molecule has 0 aromatic rings. The molecule has 0 fully saturated rings. The maximum Gasteiger partial charge on any atom is 0.0102 e. The van der Waals surface area contributed by atoms with E-state index in [0.717, 1.165) is 6.42 Å². The fraction of sp³-hybridized carbons (Fsp3) is 0.200. The lowest BCUT2D eigenvalue weighted by Crippen LogP contribution is -1.89. The predicted molar refractivity (Wildman–Crippen MR) is 47.9 cm³/mol. The molecule has 0 unspecified atom stereocenters. The summed E-state index contributed by atoms with van der Waals surface area (Å²) in [6, 6.07) is 0. The minimum Gasteiger partial charge on any atom is -0.310 e. The first kappa shape index (κ1) is 7.77. The third-order valence-corrected chi connectivity index (χ3v) is 1.37. The van der Waals surface area contributed by atoms with Crippen LogP contribution in [0, 0.1) is 5.41 Å². The zero-order valence-corrected chi connectivity index (χ0v) is 6.59. The van der Waals surface area contributed by atoms with E-state index in [1.165, 1.54) is 5.57 Å². The first-order valence-corrected chi connectivity index (χ1v) is 3.61. The Morgan fingerprint density at radius 3 is 3.09 bits per heavy atom. The van der Waals surface area contributed by atoms with Gasteiger partial charge in [0, 0.05) is 12.1 Å². The molecular formula is C10H11N. The van der Waals surface area contributed by atoms with Crippen LogP contribution in [0.2, 0.25) is 0 Å². The molecule has 0 saturated carbocycles. The maximum absolute atomic E-state index is 7.28. The van der Waals surface area contributed by atoms with E-state index >= 15 is 0 Å². The van der Waals surface area contributed by atoms with Crippen molar-refractivity contribution in [2.45, 2.75) is 13.3 Å². The second-order valence-corrected chi connectivity index (χ2v) is 2.56. The quantitative estimate of drug-likeness (QED) is 0.456. The van der Waals surface area contributed by atoms with Crippen LogP contribution < -0.4 is 0 Å². The van der Waals surface area contributed by atoms with Crippen LogP contribution >= 0.6 is 0 Å². The van der Waals surface area contributed by atoms with Gasteiger partial charge in [-0.25, -0.2) is 0 Å². The molecule has 0 spiro atoms. The zero-order valence-electron chi connectivity index (χ0n) is 6.59. The van der Waals surface area contributed by atoms with E-state index in [-0.39, 0.29) is 0 Å². The molecule has 1 rings (SSSR count). The highest BCUT2D eigenvalue weighted by Gasteiger charge is 1.93. The highest BCUT2D eigenvalue weighted by molar-refractivity contribution is 5.81. The summed E-state index contributed by atoms with van der Waals surface area (Å²) in [5.41, 5.74) is 4.82. The van der Waals surface area contributed by atoms with Crippen molar-refractivity contribution < 1.29 is 0 Å². The van der Waals surface area contributed by atoms with Crippen LogP contribution in [0.15, 0.2) is 41.7 Å². The van der Waals surface area contributed by atoms with Crippen LogP contribution in [0.4, 0.5) is 0 Å². The Kier molecular flexibility index (Phi) is 2.65. The molecule has 0 heterocycles. The van der Waals surface area contributed by atoms with Gasteiger partial charge in [0.05, 0.1) is 0 Å². The molecule has 0 aromatic heterocycles. The highest BCUT2D eigenvalue weighted by atomic mass is 14.4. The molecule has 0 aromatic carbocycles. The van der Waals surface area contributed by atoms with E-state index in [1.54, 1.807) is 0 Å². The van der Waals surface area contributed by atoms with Crippen LogP contribution in [-0.2, 0) is 0 Å². The highest BCUT2D eigenvalue weighted by Crippen LogP contribution is 2.06. The molecule has 1 heteroatoms. The Balaban J connectivity index is 2.68.